The predicted molar refractivity (Wildman–Crippen MR) is 92.6 cm³/mol. The van der Waals surface area contributed by atoms with Crippen LogP contribution >= 0.6 is 0 Å². The molecule has 0 saturated heterocycles. The van der Waals surface area contributed by atoms with Crippen LogP contribution in [0.25, 0.3) is 22.8 Å². The number of nitrogens with one attached hydrogen (secondary N) is 1. The van der Waals surface area contributed by atoms with Gasteiger partial charge in [-0.3, -0.25) is 4.79 Å². The highest BCUT2D eigenvalue weighted by Gasteiger charge is 2.25. The maximum absolute atomic E-state index is 12.3. The van der Waals surface area contributed by atoms with Crippen molar-refractivity contribution >= 4 is 23.2 Å². The van der Waals surface area contributed by atoms with Gasteiger partial charge in [-0.25, -0.2) is 0 Å². The van der Waals surface area contributed by atoms with E-state index in [2.05, 4.69) is 23.5 Å². The lowest BCUT2D eigenvalue weighted by Crippen LogP contribution is -2.03. The molecule has 0 aromatic heterocycles. The SMILES string of the molecule is COc1ccc2c(c1)NC(=O)/C2=C\c1ccc2cccccc1-2. The lowest BCUT2D eigenvalue weighted by atomic mass is 10.0. The molecular formula is C20H15NO2. The summed E-state index contributed by atoms with van der Waals surface area (Å²) in [5, 5.41) is 2.90. The van der Waals surface area contributed by atoms with Crippen LogP contribution in [0.3, 0.4) is 0 Å². The van der Waals surface area contributed by atoms with Crippen molar-refractivity contribution in [3.8, 4) is 16.9 Å². The second kappa shape index (κ2) is 5.29. The van der Waals surface area contributed by atoms with E-state index in [1.54, 1.807) is 7.11 Å². The number of rotatable bonds is 2. The van der Waals surface area contributed by atoms with Gasteiger partial charge in [0.1, 0.15) is 5.75 Å². The minimum Gasteiger partial charge on any atom is -0.497 e. The summed E-state index contributed by atoms with van der Waals surface area (Å²) in [6, 6.07) is 19.9. The van der Waals surface area contributed by atoms with Gasteiger partial charge >= 0.3 is 0 Å². The Bertz CT molecular complexity index is 911. The summed E-state index contributed by atoms with van der Waals surface area (Å²) in [4.78, 5) is 12.3. The lowest BCUT2D eigenvalue weighted by molar-refractivity contribution is -0.110. The molecule has 0 fully saturated rings. The first-order valence-corrected chi connectivity index (χ1v) is 7.45. The minimum absolute atomic E-state index is 0.0806. The van der Waals surface area contributed by atoms with E-state index in [0.717, 1.165) is 33.7 Å². The average molecular weight is 301 g/mol. The molecule has 0 atom stereocenters. The third kappa shape index (κ3) is 2.27. The van der Waals surface area contributed by atoms with Gasteiger partial charge in [-0.05, 0) is 34.9 Å². The first kappa shape index (κ1) is 13.6. The Morgan fingerprint density at radius 1 is 0.957 bits per heavy atom. The van der Waals surface area contributed by atoms with E-state index in [1.165, 1.54) is 0 Å². The van der Waals surface area contributed by atoms with Crippen LogP contribution in [0.15, 0.2) is 60.7 Å². The Kier molecular flexibility index (Phi) is 3.12. The van der Waals surface area contributed by atoms with E-state index in [-0.39, 0.29) is 5.91 Å². The Hall–Kier alpha value is -3.07. The van der Waals surface area contributed by atoms with Gasteiger partial charge in [-0.2, -0.15) is 0 Å². The van der Waals surface area contributed by atoms with Gasteiger partial charge < -0.3 is 10.1 Å². The molecule has 4 rings (SSSR count). The van der Waals surface area contributed by atoms with E-state index in [1.807, 2.05) is 48.5 Å². The molecule has 0 saturated carbocycles. The molecule has 0 spiro atoms. The number of benzene rings is 1. The van der Waals surface area contributed by atoms with Crippen LogP contribution < -0.4 is 10.1 Å². The highest BCUT2D eigenvalue weighted by molar-refractivity contribution is 6.35. The van der Waals surface area contributed by atoms with E-state index >= 15 is 0 Å². The van der Waals surface area contributed by atoms with Gasteiger partial charge in [-0.1, -0.05) is 42.5 Å². The van der Waals surface area contributed by atoms with Gasteiger partial charge in [0.2, 0.25) is 0 Å². The molecule has 3 heteroatoms. The maximum Gasteiger partial charge on any atom is 0.256 e. The molecule has 0 bridgehead atoms. The Morgan fingerprint density at radius 2 is 1.83 bits per heavy atom. The molecular weight excluding hydrogens is 286 g/mol. The fourth-order valence-corrected chi connectivity index (χ4v) is 2.96. The molecule has 0 radical (unpaired) electrons. The molecule has 23 heavy (non-hydrogen) atoms. The van der Waals surface area contributed by atoms with Crippen molar-refractivity contribution in [1.82, 2.24) is 0 Å². The fraction of sp³-hybridized carbons (Fsp3) is 0.0500. The molecule has 3 nitrogen and oxygen atoms in total. The van der Waals surface area contributed by atoms with Crippen LogP contribution in [0.1, 0.15) is 11.1 Å². The Balaban J connectivity index is 1.82. The van der Waals surface area contributed by atoms with Crippen LogP contribution in [0.2, 0.25) is 0 Å². The summed E-state index contributed by atoms with van der Waals surface area (Å²) in [5.41, 5.74) is 5.73. The van der Waals surface area contributed by atoms with Crippen molar-refractivity contribution < 1.29 is 9.53 Å². The molecule has 1 N–H and O–H groups in total. The maximum atomic E-state index is 12.3. The van der Waals surface area contributed by atoms with Crippen LogP contribution in [0, 0.1) is 0 Å². The molecule has 0 unspecified atom stereocenters. The monoisotopic (exact) mass is 301 g/mol. The molecule has 1 amide bonds. The van der Waals surface area contributed by atoms with Crippen molar-refractivity contribution in [1.29, 1.82) is 0 Å². The standard InChI is InChI=1S/C20H15NO2/c1-23-15-9-10-17-18(20(22)21-19(17)12-15)11-14-8-7-13-5-3-2-4-6-16(13)14/h2-12H,1H3,(H,21,22)/b18-11-. The van der Waals surface area contributed by atoms with Crippen molar-refractivity contribution in [2.75, 3.05) is 12.4 Å². The number of fused-ring (bicyclic) bond motifs is 2. The highest BCUT2D eigenvalue weighted by atomic mass is 16.5. The summed E-state index contributed by atoms with van der Waals surface area (Å²) >= 11 is 0. The molecule has 1 aromatic rings. The summed E-state index contributed by atoms with van der Waals surface area (Å²) in [7, 11) is 1.62. The quantitative estimate of drug-likeness (QED) is 0.717. The van der Waals surface area contributed by atoms with Gasteiger partial charge in [0, 0.05) is 17.2 Å². The zero-order chi connectivity index (χ0) is 15.8. The fourth-order valence-electron chi connectivity index (χ4n) is 2.96. The first-order chi connectivity index (χ1) is 11.3. The number of anilines is 1. The number of carbonyl (C=O) groups excluding carboxylic acids is 1. The minimum atomic E-state index is -0.0806. The smallest absolute Gasteiger partial charge is 0.256 e. The van der Waals surface area contributed by atoms with E-state index in [0.29, 0.717) is 5.57 Å². The van der Waals surface area contributed by atoms with Gasteiger partial charge in [0.05, 0.1) is 12.8 Å². The largest absolute Gasteiger partial charge is 0.497 e. The number of hydrogen-bond acceptors (Lipinski definition) is 2. The van der Waals surface area contributed by atoms with E-state index < -0.39 is 0 Å². The molecule has 1 aromatic carbocycles. The topological polar surface area (TPSA) is 38.3 Å². The lowest BCUT2D eigenvalue weighted by Gasteiger charge is -2.03. The zero-order valence-corrected chi connectivity index (χ0v) is 12.7. The third-order valence-electron chi connectivity index (χ3n) is 4.13. The number of amides is 1. The summed E-state index contributed by atoms with van der Waals surface area (Å²) in [6.45, 7) is 0. The Labute approximate surface area is 134 Å². The van der Waals surface area contributed by atoms with Crippen LogP contribution in [0.4, 0.5) is 5.69 Å². The second-order valence-corrected chi connectivity index (χ2v) is 5.49. The van der Waals surface area contributed by atoms with Crippen LogP contribution in [-0.2, 0) is 4.79 Å². The van der Waals surface area contributed by atoms with E-state index in [9.17, 15) is 4.79 Å². The van der Waals surface area contributed by atoms with Gasteiger partial charge in [0.25, 0.3) is 5.91 Å². The van der Waals surface area contributed by atoms with Crippen LogP contribution in [-0.4, -0.2) is 13.0 Å². The number of methoxy groups -OCH3 is 1. The summed E-state index contributed by atoms with van der Waals surface area (Å²) < 4.78 is 5.21. The molecule has 2 aliphatic carbocycles. The second-order valence-electron chi connectivity index (χ2n) is 5.49. The summed E-state index contributed by atoms with van der Waals surface area (Å²) in [6.07, 6.45) is 1.95. The predicted octanol–water partition coefficient (Wildman–Crippen LogP) is 4.29. The molecule has 1 heterocycles. The van der Waals surface area contributed by atoms with Crippen molar-refractivity contribution in [2.24, 2.45) is 0 Å². The van der Waals surface area contributed by atoms with Crippen molar-refractivity contribution in [2.45, 2.75) is 0 Å². The number of carbonyl (C=O) groups is 1. The van der Waals surface area contributed by atoms with Crippen molar-refractivity contribution in [3.63, 3.8) is 0 Å². The molecule has 1 aliphatic heterocycles. The molecule has 3 aliphatic rings. The van der Waals surface area contributed by atoms with E-state index in [4.69, 9.17) is 4.74 Å². The summed E-state index contributed by atoms with van der Waals surface area (Å²) in [5.74, 6) is 0.652. The zero-order valence-electron chi connectivity index (χ0n) is 12.7. The van der Waals surface area contributed by atoms with Crippen molar-refractivity contribution in [3.05, 3.63) is 71.8 Å². The van der Waals surface area contributed by atoms with Gasteiger partial charge in [0.15, 0.2) is 0 Å². The van der Waals surface area contributed by atoms with Gasteiger partial charge in [-0.15, -0.1) is 0 Å². The number of hydrogen-bond donors (Lipinski definition) is 1. The highest BCUT2D eigenvalue weighted by Crippen LogP contribution is 2.37. The van der Waals surface area contributed by atoms with Crippen LogP contribution in [0.5, 0.6) is 5.75 Å². The number of ether oxygens (including phenoxy) is 1. The first-order valence-electron chi connectivity index (χ1n) is 7.45. The Morgan fingerprint density at radius 3 is 2.70 bits per heavy atom. The average Bonchev–Trinajstić information content (AvgIpc) is 2.98. The normalized spacial score (nSPS) is 14.8. The third-order valence-corrected chi connectivity index (χ3v) is 4.13. The molecule has 112 valence electrons.